The SMILES string of the molecule is Cc1cc(-c2ncnc3cc(-c4ccccc4)ccc23)c2sc3ccccc3c2c1. The Kier molecular flexibility index (Phi) is 3.90. The summed E-state index contributed by atoms with van der Waals surface area (Å²) in [5, 5.41) is 3.70. The second-order valence-electron chi connectivity index (χ2n) is 7.61. The molecule has 2 aromatic heterocycles. The van der Waals surface area contributed by atoms with Crippen molar-refractivity contribution in [3.63, 3.8) is 0 Å². The van der Waals surface area contributed by atoms with Crippen LogP contribution in [0.1, 0.15) is 5.56 Å². The average Bonchev–Trinajstić information content (AvgIpc) is 3.17. The highest BCUT2D eigenvalue weighted by molar-refractivity contribution is 7.26. The van der Waals surface area contributed by atoms with Crippen LogP contribution in [0.15, 0.2) is 91.3 Å². The van der Waals surface area contributed by atoms with E-state index in [1.807, 2.05) is 17.4 Å². The van der Waals surface area contributed by atoms with E-state index < -0.39 is 0 Å². The molecule has 4 aromatic carbocycles. The fourth-order valence-corrected chi connectivity index (χ4v) is 5.43. The van der Waals surface area contributed by atoms with E-state index in [4.69, 9.17) is 4.98 Å². The van der Waals surface area contributed by atoms with Gasteiger partial charge in [0.1, 0.15) is 6.33 Å². The van der Waals surface area contributed by atoms with Gasteiger partial charge >= 0.3 is 0 Å². The predicted molar refractivity (Wildman–Crippen MR) is 128 cm³/mol. The van der Waals surface area contributed by atoms with Crippen LogP contribution in [-0.4, -0.2) is 9.97 Å². The second-order valence-corrected chi connectivity index (χ2v) is 8.66. The molecule has 0 spiro atoms. The maximum absolute atomic E-state index is 4.74. The van der Waals surface area contributed by atoms with Crippen LogP contribution < -0.4 is 0 Å². The first-order valence-electron chi connectivity index (χ1n) is 10.0. The second kappa shape index (κ2) is 6.75. The van der Waals surface area contributed by atoms with E-state index in [-0.39, 0.29) is 0 Å². The lowest BCUT2D eigenvalue weighted by Gasteiger charge is -2.09. The van der Waals surface area contributed by atoms with E-state index in [2.05, 4.69) is 90.8 Å². The van der Waals surface area contributed by atoms with E-state index in [0.29, 0.717) is 0 Å². The van der Waals surface area contributed by atoms with Gasteiger partial charge in [-0.1, -0.05) is 54.6 Å². The molecule has 0 aliphatic heterocycles. The summed E-state index contributed by atoms with van der Waals surface area (Å²) in [5.41, 5.74) is 6.77. The number of benzene rings is 4. The zero-order valence-corrected chi connectivity index (χ0v) is 17.3. The van der Waals surface area contributed by atoms with Crippen LogP contribution in [0.2, 0.25) is 0 Å². The number of hydrogen-bond acceptors (Lipinski definition) is 3. The van der Waals surface area contributed by atoms with Crippen molar-refractivity contribution in [2.75, 3.05) is 0 Å². The van der Waals surface area contributed by atoms with Crippen molar-refractivity contribution >= 4 is 42.4 Å². The first kappa shape index (κ1) is 17.3. The number of rotatable bonds is 2. The van der Waals surface area contributed by atoms with Crippen molar-refractivity contribution < 1.29 is 0 Å². The number of nitrogens with zero attached hydrogens (tertiary/aromatic N) is 2. The first-order chi connectivity index (χ1) is 14.8. The van der Waals surface area contributed by atoms with E-state index in [1.165, 1.54) is 42.4 Å². The molecule has 0 N–H and O–H groups in total. The van der Waals surface area contributed by atoms with Crippen molar-refractivity contribution in [2.45, 2.75) is 6.92 Å². The molecule has 30 heavy (non-hydrogen) atoms. The number of aromatic nitrogens is 2. The lowest BCUT2D eigenvalue weighted by Crippen LogP contribution is -1.91. The maximum Gasteiger partial charge on any atom is 0.116 e. The smallest absolute Gasteiger partial charge is 0.116 e. The predicted octanol–water partition coefficient (Wildman–Crippen LogP) is 7.64. The lowest BCUT2D eigenvalue weighted by molar-refractivity contribution is 1.23. The Morgan fingerprint density at radius 1 is 0.667 bits per heavy atom. The minimum Gasteiger partial charge on any atom is -0.236 e. The van der Waals surface area contributed by atoms with Gasteiger partial charge in [-0.3, -0.25) is 0 Å². The zero-order chi connectivity index (χ0) is 20.1. The Balaban J connectivity index is 1.62. The van der Waals surface area contributed by atoms with Crippen LogP contribution in [0.25, 0.3) is 53.5 Å². The van der Waals surface area contributed by atoms with Gasteiger partial charge in [-0.2, -0.15) is 0 Å². The molecule has 0 saturated carbocycles. The summed E-state index contributed by atoms with van der Waals surface area (Å²) in [6, 6.07) is 30.1. The third-order valence-corrected chi connectivity index (χ3v) is 6.84. The molecule has 0 bridgehead atoms. The van der Waals surface area contributed by atoms with Crippen LogP contribution in [0.3, 0.4) is 0 Å². The molecule has 2 heterocycles. The van der Waals surface area contributed by atoms with Gasteiger partial charge < -0.3 is 0 Å². The zero-order valence-electron chi connectivity index (χ0n) is 16.5. The van der Waals surface area contributed by atoms with Crippen LogP contribution in [0, 0.1) is 6.92 Å². The topological polar surface area (TPSA) is 25.8 Å². The number of thiophene rings is 1. The molecule has 0 radical (unpaired) electrons. The average molecular weight is 403 g/mol. The van der Waals surface area contributed by atoms with E-state index >= 15 is 0 Å². The molecule has 0 atom stereocenters. The molecule has 6 rings (SSSR count). The van der Waals surface area contributed by atoms with E-state index in [0.717, 1.165) is 16.6 Å². The molecule has 0 fully saturated rings. The fraction of sp³-hybridized carbons (Fsp3) is 0.0370. The number of hydrogen-bond donors (Lipinski definition) is 0. The maximum atomic E-state index is 4.74. The highest BCUT2D eigenvalue weighted by Crippen LogP contribution is 2.41. The molecule has 0 aliphatic rings. The van der Waals surface area contributed by atoms with Crippen molar-refractivity contribution in [2.24, 2.45) is 0 Å². The Morgan fingerprint density at radius 3 is 2.40 bits per heavy atom. The third kappa shape index (κ3) is 2.71. The van der Waals surface area contributed by atoms with Gasteiger partial charge in [-0.15, -0.1) is 11.3 Å². The largest absolute Gasteiger partial charge is 0.236 e. The fourth-order valence-electron chi connectivity index (χ4n) is 4.23. The van der Waals surface area contributed by atoms with E-state index in [9.17, 15) is 0 Å². The third-order valence-electron chi connectivity index (χ3n) is 5.62. The van der Waals surface area contributed by atoms with Gasteiger partial charge in [0.25, 0.3) is 0 Å². The van der Waals surface area contributed by atoms with Gasteiger partial charge in [-0.05, 0) is 53.9 Å². The van der Waals surface area contributed by atoms with Crippen molar-refractivity contribution in [3.05, 3.63) is 96.8 Å². The summed E-state index contributed by atoms with van der Waals surface area (Å²) < 4.78 is 2.60. The van der Waals surface area contributed by atoms with Gasteiger partial charge in [0.05, 0.1) is 11.2 Å². The van der Waals surface area contributed by atoms with Crippen LogP contribution in [-0.2, 0) is 0 Å². The van der Waals surface area contributed by atoms with Crippen molar-refractivity contribution in [3.8, 4) is 22.4 Å². The molecule has 0 unspecified atom stereocenters. The van der Waals surface area contributed by atoms with Crippen LogP contribution >= 0.6 is 11.3 Å². The molecule has 0 aliphatic carbocycles. The Morgan fingerprint density at radius 2 is 1.50 bits per heavy atom. The Hall–Kier alpha value is -3.56. The normalized spacial score (nSPS) is 11.5. The molecular weight excluding hydrogens is 384 g/mol. The van der Waals surface area contributed by atoms with Crippen LogP contribution in [0.4, 0.5) is 0 Å². The lowest BCUT2D eigenvalue weighted by atomic mass is 9.99. The van der Waals surface area contributed by atoms with Gasteiger partial charge in [0.15, 0.2) is 0 Å². The molecule has 3 heteroatoms. The Bertz CT molecular complexity index is 1550. The monoisotopic (exact) mass is 402 g/mol. The molecule has 0 saturated heterocycles. The summed E-state index contributed by atoms with van der Waals surface area (Å²) in [6.07, 6.45) is 1.69. The quantitative estimate of drug-likeness (QED) is 0.297. The summed E-state index contributed by atoms with van der Waals surface area (Å²) in [5.74, 6) is 0. The van der Waals surface area contributed by atoms with Crippen LogP contribution in [0.5, 0.6) is 0 Å². The molecule has 6 aromatic rings. The summed E-state index contributed by atoms with van der Waals surface area (Å²) >= 11 is 1.84. The molecule has 142 valence electrons. The Labute approximate surface area is 178 Å². The highest BCUT2D eigenvalue weighted by Gasteiger charge is 2.15. The highest BCUT2D eigenvalue weighted by atomic mass is 32.1. The van der Waals surface area contributed by atoms with Gasteiger partial charge in [-0.25, -0.2) is 9.97 Å². The molecule has 0 amide bonds. The summed E-state index contributed by atoms with van der Waals surface area (Å²) in [7, 11) is 0. The summed E-state index contributed by atoms with van der Waals surface area (Å²) in [6.45, 7) is 2.16. The summed E-state index contributed by atoms with van der Waals surface area (Å²) in [4.78, 5) is 9.33. The molecular formula is C27H18N2S. The van der Waals surface area contributed by atoms with Gasteiger partial charge in [0, 0.05) is 31.1 Å². The number of fused-ring (bicyclic) bond motifs is 4. The van der Waals surface area contributed by atoms with Gasteiger partial charge in [0.2, 0.25) is 0 Å². The van der Waals surface area contributed by atoms with E-state index in [1.54, 1.807) is 6.33 Å². The minimum atomic E-state index is 0.970. The number of aryl methyl sites for hydroxylation is 1. The van der Waals surface area contributed by atoms with Crippen molar-refractivity contribution in [1.29, 1.82) is 0 Å². The van der Waals surface area contributed by atoms with Crippen molar-refractivity contribution in [1.82, 2.24) is 9.97 Å². The first-order valence-corrected chi connectivity index (χ1v) is 10.8. The molecule has 2 nitrogen and oxygen atoms in total. The minimum absolute atomic E-state index is 0.970. The standard InChI is InChI=1S/C27H18N2S/c1-17-13-22-20-9-5-6-10-25(20)30-27(22)23(14-17)26-21-12-11-19(15-24(21)28-16-29-26)18-7-3-2-4-8-18/h2-16H,1H3.